The van der Waals surface area contributed by atoms with Gasteiger partial charge in [0.2, 0.25) is 0 Å². The molecule has 0 atom stereocenters. The van der Waals surface area contributed by atoms with Crippen LogP contribution in [-0.2, 0) is 4.79 Å². The highest BCUT2D eigenvalue weighted by atomic mass is 16.1. The van der Waals surface area contributed by atoms with Crippen molar-refractivity contribution in [2.45, 2.75) is 19.3 Å². The molecule has 0 N–H and O–H groups in total. The molecule has 0 radical (unpaired) electrons. The lowest BCUT2D eigenvalue weighted by molar-refractivity contribution is -0.108. The third-order valence-corrected chi connectivity index (χ3v) is 3.04. The predicted octanol–water partition coefficient (Wildman–Crippen LogP) is 0.849. The van der Waals surface area contributed by atoms with Crippen LogP contribution in [0.15, 0.2) is 0 Å². The summed E-state index contributed by atoms with van der Waals surface area (Å²) in [7, 11) is 4.30. The number of rotatable bonds is 5. The molecule has 0 aliphatic carbocycles. The van der Waals surface area contributed by atoms with Crippen LogP contribution in [-0.4, -0.2) is 56.4 Å². The fraction of sp³-hybridized carbons (Fsp3) is 0.909. The van der Waals surface area contributed by atoms with Crippen molar-refractivity contribution in [3.8, 4) is 0 Å². The first kappa shape index (κ1) is 11.7. The predicted molar refractivity (Wildman–Crippen MR) is 58.4 cm³/mol. The topological polar surface area (TPSA) is 23.6 Å². The molecule has 0 unspecified atom stereocenters. The normalized spacial score (nSPS) is 20.2. The van der Waals surface area contributed by atoms with Gasteiger partial charge >= 0.3 is 0 Å². The van der Waals surface area contributed by atoms with E-state index in [1.54, 1.807) is 0 Å². The Morgan fingerprint density at radius 3 is 2.64 bits per heavy atom. The summed E-state index contributed by atoms with van der Waals surface area (Å²) in [5.74, 6) is 0.836. The molecule has 1 rings (SSSR count). The molecule has 14 heavy (non-hydrogen) atoms. The van der Waals surface area contributed by atoms with Crippen molar-refractivity contribution < 1.29 is 4.79 Å². The molecular weight excluding hydrogens is 176 g/mol. The minimum absolute atomic E-state index is 0.670. The molecule has 1 aliphatic rings. The Morgan fingerprint density at radius 2 is 2.07 bits per heavy atom. The van der Waals surface area contributed by atoms with E-state index in [9.17, 15) is 4.79 Å². The van der Waals surface area contributed by atoms with Crippen molar-refractivity contribution in [1.29, 1.82) is 0 Å². The molecule has 0 bridgehead atoms. The number of nitrogens with zero attached hydrogens (tertiary/aromatic N) is 2. The zero-order valence-corrected chi connectivity index (χ0v) is 9.41. The monoisotopic (exact) mass is 198 g/mol. The Kier molecular flexibility index (Phi) is 5.12. The van der Waals surface area contributed by atoms with E-state index in [1.807, 2.05) is 0 Å². The molecule has 1 heterocycles. The standard InChI is InChI=1S/C11H22N2O/c1-12-7-4-11(5-8-12)10-13(2)6-3-9-14/h9,11H,3-8,10H2,1-2H3. The van der Waals surface area contributed by atoms with Gasteiger partial charge in [0, 0.05) is 19.5 Å². The smallest absolute Gasteiger partial charge is 0.121 e. The maximum absolute atomic E-state index is 10.2. The number of hydrogen-bond acceptors (Lipinski definition) is 3. The lowest BCUT2D eigenvalue weighted by Gasteiger charge is -2.31. The maximum Gasteiger partial charge on any atom is 0.121 e. The first-order valence-corrected chi connectivity index (χ1v) is 5.53. The molecule has 3 heteroatoms. The Morgan fingerprint density at radius 1 is 1.43 bits per heavy atom. The average Bonchev–Trinajstić information content (AvgIpc) is 2.18. The lowest BCUT2D eigenvalue weighted by Crippen LogP contribution is -2.36. The number of carbonyl (C=O) groups is 1. The van der Waals surface area contributed by atoms with Crippen LogP contribution in [0.5, 0.6) is 0 Å². The summed E-state index contributed by atoms with van der Waals surface area (Å²) in [6, 6.07) is 0. The van der Waals surface area contributed by atoms with E-state index in [0.717, 1.165) is 25.3 Å². The van der Waals surface area contributed by atoms with Crippen LogP contribution in [0, 0.1) is 5.92 Å². The Hall–Kier alpha value is -0.410. The summed E-state index contributed by atoms with van der Waals surface area (Å²) in [5.41, 5.74) is 0. The summed E-state index contributed by atoms with van der Waals surface area (Å²) in [6.45, 7) is 4.52. The van der Waals surface area contributed by atoms with Gasteiger partial charge in [0.25, 0.3) is 0 Å². The third kappa shape index (κ3) is 4.20. The molecule has 1 fully saturated rings. The third-order valence-electron chi connectivity index (χ3n) is 3.04. The number of carbonyl (C=O) groups excluding carboxylic acids is 1. The summed E-state index contributed by atoms with van der Waals surface area (Å²) in [5, 5.41) is 0. The van der Waals surface area contributed by atoms with Crippen LogP contribution in [0.3, 0.4) is 0 Å². The highest BCUT2D eigenvalue weighted by Gasteiger charge is 2.17. The maximum atomic E-state index is 10.2. The quantitative estimate of drug-likeness (QED) is 0.612. The summed E-state index contributed by atoms with van der Waals surface area (Å²) >= 11 is 0. The van der Waals surface area contributed by atoms with Gasteiger partial charge in [-0.1, -0.05) is 0 Å². The SMILES string of the molecule is CN1CCC(CN(C)CCC=O)CC1. The number of piperidine rings is 1. The van der Waals surface area contributed by atoms with Crippen LogP contribution < -0.4 is 0 Å². The Bertz CT molecular complexity index is 165. The molecular formula is C11H22N2O. The molecule has 1 aliphatic heterocycles. The van der Waals surface area contributed by atoms with Crippen molar-refractivity contribution in [3.63, 3.8) is 0 Å². The van der Waals surface area contributed by atoms with Crippen molar-refractivity contribution in [2.24, 2.45) is 5.92 Å². The fourth-order valence-electron chi connectivity index (χ4n) is 2.05. The van der Waals surface area contributed by atoms with Gasteiger partial charge in [0.1, 0.15) is 6.29 Å². The summed E-state index contributed by atoms with van der Waals surface area (Å²) in [6.07, 6.45) is 4.29. The van der Waals surface area contributed by atoms with Crippen LogP contribution in [0.4, 0.5) is 0 Å². The van der Waals surface area contributed by atoms with Gasteiger partial charge in [0.15, 0.2) is 0 Å². The van der Waals surface area contributed by atoms with E-state index in [4.69, 9.17) is 0 Å². The van der Waals surface area contributed by atoms with Crippen LogP contribution in [0.1, 0.15) is 19.3 Å². The van der Waals surface area contributed by atoms with Crippen molar-refractivity contribution in [2.75, 3.05) is 40.3 Å². The zero-order valence-electron chi connectivity index (χ0n) is 9.41. The van der Waals surface area contributed by atoms with E-state index in [-0.39, 0.29) is 0 Å². The van der Waals surface area contributed by atoms with E-state index in [2.05, 4.69) is 23.9 Å². The second-order valence-electron chi connectivity index (χ2n) is 4.46. The van der Waals surface area contributed by atoms with E-state index in [1.165, 1.54) is 25.9 Å². The molecule has 3 nitrogen and oxygen atoms in total. The van der Waals surface area contributed by atoms with Gasteiger partial charge in [-0.3, -0.25) is 0 Å². The van der Waals surface area contributed by atoms with Crippen LogP contribution in [0.2, 0.25) is 0 Å². The first-order chi connectivity index (χ1) is 6.72. The minimum Gasteiger partial charge on any atom is -0.306 e. The Balaban J connectivity index is 2.13. The molecule has 0 aromatic rings. The number of aldehydes is 1. The van der Waals surface area contributed by atoms with E-state index >= 15 is 0 Å². The molecule has 0 amide bonds. The van der Waals surface area contributed by atoms with Gasteiger partial charge in [-0.25, -0.2) is 0 Å². The summed E-state index contributed by atoms with van der Waals surface area (Å²) < 4.78 is 0. The fourth-order valence-corrected chi connectivity index (χ4v) is 2.05. The second-order valence-corrected chi connectivity index (χ2v) is 4.46. The molecule has 82 valence electrons. The van der Waals surface area contributed by atoms with Crippen LogP contribution in [0.25, 0.3) is 0 Å². The molecule has 0 saturated carbocycles. The summed E-state index contributed by atoms with van der Waals surface area (Å²) in [4.78, 5) is 14.9. The average molecular weight is 198 g/mol. The molecule has 0 aromatic heterocycles. The van der Waals surface area contributed by atoms with Crippen molar-refractivity contribution >= 4 is 6.29 Å². The lowest BCUT2D eigenvalue weighted by atomic mass is 9.97. The van der Waals surface area contributed by atoms with Gasteiger partial charge in [0.05, 0.1) is 0 Å². The highest BCUT2D eigenvalue weighted by Crippen LogP contribution is 2.16. The molecule has 1 saturated heterocycles. The number of hydrogen-bond donors (Lipinski definition) is 0. The highest BCUT2D eigenvalue weighted by molar-refractivity contribution is 5.49. The first-order valence-electron chi connectivity index (χ1n) is 5.53. The minimum atomic E-state index is 0.670. The van der Waals surface area contributed by atoms with Gasteiger partial charge in [-0.15, -0.1) is 0 Å². The van der Waals surface area contributed by atoms with Crippen molar-refractivity contribution in [3.05, 3.63) is 0 Å². The second kappa shape index (κ2) is 6.14. The van der Waals surface area contributed by atoms with Crippen molar-refractivity contribution in [1.82, 2.24) is 9.80 Å². The van der Waals surface area contributed by atoms with E-state index < -0.39 is 0 Å². The van der Waals surface area contributed by atoms with Crippen LogP contribution >= 0.6 is 0 Å². The zero-order chi connectivity index (χ0) is 10.4. The molecule has 0 aromatic carbocycles. The van der Waals surface area contributed by atoms with Gasteiger partial charge in [-0.2, -0.15) is 0 Å². The largest absolute Gasteiger partial charge is 0.306 e. The number of likely N-dealkylation sites (tertiary alicyclic amines) is 1. The Labute approximate surface area is 87.1 Å². The molecule has 0 spiro atoms. The van der Waals surface area contributed by atoms with Gasteiger partial charge < -0.3 is 14.6 Å². The van der Waals surface area contributed by atoms with Gasteiger partial charge in [-0.05, 0) is 45.9 Å². The van der Waals surface area contributed by atoms with E-state index in [0.29, 0.717) is 6.42 Å².